The number of carbonyl (C=O) groups is 1. The normalized spacial score (nSPS) is 27.6. The minimum Gasteiger partial charge on any atom is -0.376 e. The first-order chi connectivity index (χ1) is 14.8. The van der Waals surface area contributed by atoms with Gasteiger partial charge in [0.25, 0.3) is 0 Å². The molecule has 2 heterocycles. The van der Waals surface area contributed by atoms with Crippen molar-refractivity contribution in [3.63, 3.8) is 0 Å². The summed E-state index contributed by atoms with van der Waals surface area (Å²) in [6.07, 6.45) is 6.99. The molecule has 4 nitrogen and oxygen atoms in total. The lowest BCUT2D eigenvalue weighted by Gasteiger charge is -2.41. The number of piperidine rings is 1. The van der Waals surface area contributed by atoms with Crippen LogP contribution < -0.4 is 5.32 Å². The van der Waals surface area contributed by atoms with E-state index in [-0.39, 0.29) is 18.1 Å². The molecule has 1 aromatic rings. The van der Waals surface area contributed by atoms with Crippen LogP contribution >= 0.6 is 0 Å². The van der Waals surface area contributed by atoms with Gasteiger partial charge in [0, 0.05) is 26.2 Å². The van der Waals surface area contributed by atoms with E-state index in [1.165, 1.54) is 0 Å². The number of nitrogens with one attached hydrogen (secondary N) is 1. The van der Waals surface area contributed by atoms with Crippen molar-refractivity contribution in [2.24, 2.45) is 5.92 Å². The average molecular weight is 431 g/mol. The molecule has 1 atom stereocenters. The molecule has 1 unspecified atom stereocenters. The summed E-state index contributed by atoms with van der Waals surface area (Å²) in [5.74, 6) is 0.642. The van der Waals surface area contributed by atoms with Crippen LogP contribution in [0.25, 0.3) is 0 Å². The first kappa shape index (κ1) is 22.7. The summed E-state index contributed by atoms with van der Waals surface area (Å²) in [7, 11) is 0. The molecule has 3 aliphatic rings. The minimum absolute atomic E-state index is 0.0140. The zero-order valence-electron chi connectivity index (χ0n) is 19.3. The van der Waals surface area contributed by atoms with Crippen molar-refractivity contribution in [3.8, 4) is 0 Å². The van der Waals surface area contributed by atoms with E-state index < -0.39 is 11.1 Å². The number of carbonyl (C=O) groups excluding carboxylic acids is 1. The van der Waals surface area contributed by atoms with Crippen LogP contribution in [0.15, 0.2) is 30.3 Å². The quantitative estimate of drug-likeness (QED) is 0.716. The molecule has 1 amide bonds. The third kappa shape index (κ3) is 5.31. The highest BCUT2D eigenvalue weighted by molar-refractivity contribution is 5.88. The van der Waals surface area contributed by atoms with Crippen molar-refractivity contribution >= 4 is 5.91 Å². The smallest absolute Gasteiger partial charge is 0.230 e. The van der Waals surface area contributed by atoms with Gasteiger partial charge in [0.2, 0.25) is 5.91 Å². The van der Waals surface area contributed by atoms with Crippen LogP contribution in [0.2, 0.25) is 0 Å². The molecule has 1 N–H and O–H groups in total. The van der Waals surface area contributed by atoms with Crippen LogP contribution in [0.5, 0.6) is 0 Å². The zero-order valence-corrected chi connectivity index (χ0v) is 19.3. The van der Waals surface area contributed by atoms with Gasteiger partial charge in [-0.1, -0.05) is 43.2 Å². The van der Waals surface area contributed by atoms with Gasteiger partial charge in [-0.2, -0.15) is 0 Å². The molecule has 5 heteroatoms. The highest BCUT2D eigenvalue weighted by atomic mass is 19.1. The molecule has 3 fully saturated rings. The lowest BCUT2D eigenvalue weighted by Crippen LogP contribution is -2.52. The fourth-order valence-electron chi connectivity index (χ4n) is 5.98. The Bertz CT molecular complexity index is 737. The number of likely N-dealkylation sites (tertiary alicyclic amines) is 1. The van der Waals surface area contributed by atoms with E-state index in [9.17, 15) is 4.79 Å². The summed E-state index contributed by atoms with van der Waals surface area (Å²) >= 11 is 0. The Kier molecular flexibility index (Phi) is 6.73. The minimum atomic E-state index is -1.29. The molecular weight excluding hydrogens is 391 g/mol. The molecule has 1 aliphatic carbocycles. The van der Waals surface area contributed by atoms with Crippen LogP contribution in [0.1, 0.15) is 70.8 Å². The van der Waals surface area contributed by atoms with Crippen LogP contribution in [0.4, 0.5) is 4.39 Å². The van der Waals surface area contributed by atoms with Crippen LogP contribution in [0.3, 0.4) is 0 Å². The standard InChI is InChI=1S/C26H39FN2O2/c1-24(2)18-21(10-17-31-24)19-29-15-13-25(27,14-16-29)20-28-23(30)26(11-6-7-12-26)22-8-4-3-5-9-22/h3-5,8-9,21H,6-7,10-20H2,1-2H3,(H,28,30). The van der Waals surface area contributed by atoms with Crippen molar-refractivity contribution in [2.75, 3.05) is 32.8 Å². The summed E-state index contributed by atoms with van der Waals surface area (Å²) in [4.78, 5) is 15.7. The number of amides is 1. The average Bonchev–Trinajstić information content (AvgIpc) is 3.25. The Balaban J connectivity index is 1.29. The van der Waals surface area contributed by atoms with E-state index in [1.54, 1.807) is 0 Å². The second-order valence-corrected chi connectivity index (χ2v) is 10.8. The molecule has 0 spiro atoms. The van der Waals surface area contributed by atoms with Crippen molar-refractivity contribution in [3.05, 3.63) is 35.9 Å². The third-order valence-corrected chi connectivity index (χ3v) is 7.85. The summed E-state index contributed by atoms with van der Waals surface area (Å²) < 4.78 is 21.4. The summed E-state index contributed by atoms with van der Waals surface area (Å²) in [5.41, 5.74) is -0.736. The SMILES string of the molecule is CC1(C)CC(CN2CCC(F)(CNC(=O)C3(c4ccccc4)CCCC3)CC2)CCO1. The predicted molar refractivity (Wildman–Crippen MR) is 122 cm³/mol. The molecule has 172 valence electrons. The van der Waals surface area contributed by atoms with E-state index in [4.69, 9.17) is 4.74 Å². The van der Waals surface area contributed by atoms with E-state index in [0.717, 1.165) is 70.3 Å². The van der Waals surface area contributed by atoms with Gasteiger partial charge in [0.15, 0.2) is 0 Å². The van der Waals surface area contributed by atoms with Gasteiger partial charge in [-0.15, -0.1) is 0 Å². The van der Waals surface area contributed by atoms with Gasteiger partial charge in [0.05, 0.1) is 17.6 Å². The first-order valence-corrected chi connectivity index (χ1v) is 12.2. The van der Waals surface area contributed by atoms with E-state index in [2.05, 4.69) is 24.1 Å². The molecular formula is C26H39FN2O2. The fraction of sp³-hybridized carbons (Fsp3) is 0.731. The number of nitrogens with zero attached hydrogens (tertiary/aromatic N) is 1. The van der Waals surface area contributed by atoms with Gasteiger partial charge < -0.3 is 15.0 Å². The second kappa shape index (κ2) is 9.19. The van der Waals surface area contributed by atoms with Crippen LogP contribution in [-0.4, -0.2) is 54.9 Å². The topological polar surface area (TPSA) is 41.6 Å². The number of hydrogen-bond donors (Lipinski definition) is 1. The van der Waals surface area contributed by atoms with E-state index >= 15 is 4.39 Å². The molecule has 31 heavy (non-hydrogen) atoms. The van der Waals surface area contributed by atoms with Crippen LogP contribution in [-0.2, 0) is 14.9 Å². The molecule has 4 rings (SSSR count). The number of ether oxygens (including phenoxy) is 1. The molecule has 1 aromatic carbocycles. The molecule has 2 saturated heterocycles. The Hall–Kier alpha value is -1.46. The lowest BCUT2D eigenvalue weighted by molar-refractivity contribution is -0.127. The number of rotatable bonds is 6. The number of alkyl halides is 1. The van der Waals surface area contributed by atoms with Gasteiger partial charge in [-0.3, -0.25) is 4.79 Å². The summed E-state index contributed by atoms with van der Waals surface area (Å²) in [6, 6.07) is 10.1. The van der Waals surface area contributed by atoms with Crippen LogP contribution in [0, 0.1) is 5.92 Å². The van der Waals surface area contributed by atoms with Crippen molar-refractivity contribution in [2.45, 2.75) is 81.9 Å². The van der Waals surface area contributed by atoms with Gasteiger partial charge in [0.1, 0.15) is 5.67 Å². The van der Waals surface area contributed by atoms with Crippen molar-refractivity contribution in [1.29, 1.82) is 0 Å². The van der Waals surface area contributed by atoms with Gasteiger partial charge in [-0.25, -0.2) is 4.39 Å². The summed E-state index contributed by atoms with van der Waals surface area (Å²) in [5, 5.41) is 3.03. The Morgan fingerprint density at radius 2 is 1.81 bits per heavy atom. The monoisotopic (exact) mass is 430 g/mol. The molecule has 0 aromatic heterocycles. The third-order valence-electron chi connectivity index (χ3n) is 7.85. The maximum Gasteiger partial charge on any atom is 0.230 e. The number of hydrogen-bond acceptors (Lipinski definition) is 3. The molecule has 0 radical (unpaired) electrons. The zero-order chi connectivity index (χ0) is 22.0. The first-order valence-electron chi connectivity index (χ1n) is 12.2. The Labute approximate surface area is 186 Å². The maximum atomic E-state index is 15.6. The van der Waals surface area contributed by atoms with Gasteiger partial charge in [-0.05, 0) is 63.9 Å². The fourth-order valence-corrected chi connectivity index (χ4v) is 5.98. The molecule has 1 saturated carbocycles. The summed E-state index contributed by atoms with van der Waals surface area (Å²) in [6.45, 7) is 7.87. The Morgan fingerprint density at radius 1 is 1.13 bits per heavy atom. The number of benzene rings is 1. The molecule has 2 aliphatic heterocycles. The predicted octanol–water partition coefficient (Wildman–Crippen LogP) is 4.62. The largest absolute Gasteiger partial charge is 0.376 e. The Morgan fingerprint density at radius 3 is 2.45 bits per heavy atom. The van der Waals surface area contributed by atoms with Crippen molar-refractivity contribution in [1.82, 2.24) is 10.2 Å². The van der Waals surface area contributed by atoms with E-state index in [0.29, 0.717) is 18.8 Å². The van der Waals surface area contributed by atoms with E-state index in [1.807, 2.05) is 30.3 Å². The highest BCUT2D eigenvalue weighted by Crippen LogP contribution is 2.41. The molecule has 0 bridgehead atoms. The number of halogens is 1. The van der Waals surface area contributed by atoms with Gasteiger partial charge >= 0.3 is 0 Å². The van der Waals surface area contributed by atoms with Crippen molar-refractivity contribution < 1.29 is 13.9 Å². The lowest BCUT2D eigenvalue weighted by atomic mass is 9.77. The highest BCUT2D eigenvalue weighted by Gasteiger charge is 2.44. The second-order valence-electron chi connectivity index (χ2n) is 10.8. The maximum absolute atomic E-state index is 15.6.